The smallest absolute Gasteiger partial charge is 0.407 e. The predicted molar refractivity (Wildman–Crippen MR) is 57.5 cm³/mol. The van der Waals surface area contributed by atoms with Gasteiger partial charge in [-0.3, -0.25) is 0 Å². The first-order valence-corrected chi connectivity index (χ1v) is 5.51. The Morgan fingerprint density at radius 1 is 1.41 bits per heavy atom. The minimum absolute atomic E-state index is 0.0277. The van der Waals surface area contributed by atoms with Crippen LogP contribution in [0.1, 0.15) is 12.8 Å². The van der Waals surface area contributed by atoms with E-state index in [-0.39, 0.29) is 18.1 Å². The lowest BCUT2D eigenvalue weighted by Crippen LogP contribution is -2.48. The summed E-state index contributed by atoms with van der Waals surface area (Å²) in [5.41, 5.74) is 0. The molecule has 1 unspecified atom stereocenters. The zero-order chi connectivity index (χ0) is 12.4. The quantitative estimate of drug-likeness (QED) is 0.704. The molecule has 94 valence electrons. The fraction of sp³-hybridized carbons (Fsp3) is 0.636. The van der Waals surface area contributed by atoms with E-state index in [1.165, 1.54) is 7.11 Å². The van der Waals surface area contributed by atoms with Gasteiger partial charge in [0, 0.05) is 0 Å². The molecular formula is C11H15NO5. The Morgan fingerprint density at radius 3 is 2.47 bits per heavy atom. The van der Waals surface area contributed by atoms with Crippen LogP contribution in [0.4, 0.5) is 4.79 Å². The first-order valence-electron chi connectivity index (χ1n) is 5.51. The third-order valence-corrected chi connectivity index (χ3v) is 3.16. The van der Waals surface area contributed by atoms with Crippen molar-refractivity contribution in [3.63, 3.8) is 0 Å². The summed E-state index contributed by atoms with van der Waals surface area (Å²) in [6, 6.07) is -0.920. The number of carboxylic acids is 1. The van der Waals surface area contributed by atoms with Gasteiger partial charge in [-0.25, -0.2) is 9.59 Å². The summed E-state index contributed by atoms with van der Waals surface area (Å²) in [5.74, 6) is -1.17. The van der Waals surface area contributed by atoms with Crippen LogP contribution in [0.15, 0.2) is 12.2 Å². The van der Waals surface area contributed by atoms with Crippen molar-refractivity contribution in [3.8, 4) is 0 Å². The fourth-order valence-electron chi connectivity index (χ4n) is 2.36. The Hall–Kier alpha value is -1.56. The summed E-state index contributed by atoms with van der Waals surface area (Å²) in [6.07, 6.45) is 4.33. The minimum Gasteiger partial charge on any atom is -0.480 e. The summed E-state index contributed by atoms with van der Waals surface area (Å²) >= 11 is 0. The molecule has 17 heavy (non-hydrogen) atoms. The molecule has 2 aliphatic rings. The molecular weight excluding hydrogens is 226 g/mol. The second-order valence-electron chi connectivity index (χ2n) is 4.28. The number of ether oxygens (including phenoxy) is 2. The second kappa shape index (κ2) is 4.75. The maximum atomic E-state index is 11.2. The van der Waals surface area contributed by atoms with Crippen LogP contribution in [0.2, 0.25) is 0 Å². The summed E-state index contributed by atoms with van der Waals surface area (Å²) < 4.78 is 9.97. The van der Waals surface area contributed by atoms with Gasteiger partial charge in [-0.1, -0.05) is 12.2 Å². The molecule has 1 saturated heterocycles. The molecule has 0 saturated carbocycles. The van der Waals surface area contributed by atoms with E-state index in [0.717, 1.165) is 0 Å². The van der Waals surface area contributed by atoms with Crippen LogP contribution in [-0.2, 0) is 14.3 Å². The summed E-state index contributed by atoms with van der Waals surface area (Å²) in [6.45, 7) is 0. The van der Waals surface area contributed by atoms with Crippen molar-refractivity contribution in [2.75, 3.05) is 7.11 Å². The van der Waals surface area contributed by atoms with E-state index in [9.17, 15) is 9.59 Å². The van der Waals surface area contributed by atoms with Crippen LogP contribution < -0.4 is 5.32 Å². The van der Waals surface area contributed by atoms with Gasteiger partial charge in [-0.2, -0.15) is 0 Å². The first kappa shape index (κ1) is 11.9. The maximum Gasteiger partial charge on any atom is 0.407 e. The van der Waals surface area contributed by atoms with Crippen molar-refractivity contribution < 1.29 is 24.2 Å². The van der Waals surface area contributed by atoms with Crippen molar-refractivity contribution in [1.82, 2.24) is 5.32 Å². The third-order valence-electron chi connectivity index (χ3n) is 3.16. The number of carbonyl (C=O) groups is 2. The van der Waals surface area contributed by atoms with Crippen LogP contribution in [0.3, 0.4) is 0 Å². The van der Waals surface area contributed by atoms with Crippen LogP contribution in [0.25, 0.3) is 0 Å². The molecule has 2 N–H and O–H groups in total. The van der Waals surface area contributed by atoms with Crippen molar-refractivity contribution in [2.45, 2.75) is 31.1 Å². The third kappa shape index (κ3) is 2.58. The van der Waals surface area contributed by atoms with Gasteiger partial charge in [0.2, 0.25) is 0 Å². The lowest BCUT2D eigenvalue weighted by Gasteiger charge is -2.32. The molecule has 0 radical (unpaired) electrons. The summed E-state index contributed by atoms with van der Waals surface area (Å²) in [5, 5.41) is 11.5. The Bertz CT molecular complexity index is 340. The molecule has 6 heteroatoms. The molecule has 1 fully saturated rings. The number of carboxylic acid groups (broad SMARTS) is 1. The number of carbonyl (C=O) groups excluding carboxylic acids is 1. The Kier molecular flexibility index (Phi) is 3.33. The van der Waals surface area contributed by atoms with E-state index in [0.29, 0.717) is 12.8 Å². The number of amides is 1. The Morgan fingerprint density at radius 2 is 2.00 bits per heavy atom. The van der Waals surface area contributed by atoms with E-state index < -0.39 is 18.1 Å². The lowest BCUT2D eigenvalue weighted by molar-refractivity contribution is -0.142. The highest BCUT2D eigenvalue weighted by Crippen LogP contribution is 2.33. The minimum atomic E-state index is -1.04. The molecule has 2 rings (SSSR count). The normalized spacial score (nSPS) is 31.9. The van der Waals surface area contributed by atoms with Gasteiger partial charge in [0.05, 0.1) is 19.3 Å². The van der Waals surface area contributed by atoms with Gasteiger partial charge in [0.25, 0.3) is 0 Å². The zero-order valence-corrected chi connectivity index (χ0v) is 9.46. The highest BCUT2D eigenvalue weighted by Gasteiger charge is 2.39. The van der Waals surface area contributed by atoms with Crippen molar-refractivity contribution >= 4 is 12.1 Å². The van der Waals surface area contributed by atoms with Gasteiger partial charge in [-0.15, -0.1) is 0 Å². The number of hydrogen-bond acceptors (Lipinski definition) is 4. The summed E-state index contributed by atoms with van der Waals surface area (Å²) in [7, 11) is 1.21. The second-order valence-corrected chi connectivity index (χ2v) is 4.28. The summed E-state index contributed by atoms with van der Waals surface area (Å²) in [4.78, 5) is 22.3. The van der Waals surface area contributed by atoms with E-state index in [4.69, 9.17) is 9.84 Å². The number of hydrogen-bond donors (Lipinski definition) is 2. The molecule has 2 heterocycles. The zero-order valence-electron chi connectivity index (χ0n) is 9.46. The number of aliphatic carboxylic acids is 1. The largest absolute Gasteiger partial charge is 0.480 e. The van der Waals surface area contributed by atoms with Crippen molar-refractivity contribution in [1.29, 1.82) is 0 Å². The molecule has 0 spiro atoms. The Labute approximate surface area is 98.6 Å². The molecule has 0 aromatic heterocycles. The fourth-order valence-corrected chi connectivity index (χ4v) is 2.36. The molecule has 2 bridgehead atoms. The molecule has 6 nitrogen and oxygen atoms in total. The van der Waals surface area contributed by atoms with Gasteiger partial charge >= 0.3 is 12.1 Å². The highest BCUT2D eigenvalue weighted by molar-refractivity contribution is 5.80. The molecule has 1 amide bonds. The number of alkyl carbamates (subject to hydrolysis) is 1. The van der Waals surface area contributed by atoms with E-state index >= 15 is 0 Å². The van der Waals surface area contributed by atoms with Crippen LogP contribution in [0, 0.1) is 5.92 Å². The first-order chi connectivity index (χ1) is 8.10. The standard InChI is InChI=1S/C11H15NO5/c1-16-11(15)12-9(10(13)14)6-4-7-2-3-8(5-6)17-7/h2-3,6-9H,4-5H2,1H3,(H,12,15)(H,13,14)/t6-,7-,8+,9?. The average molecular weight is 241 g/mol. The molecule has 0 aliphatic carbocycles. The van der Waals surface area contributed by atoms with Crippen LogP contribution in [0.5, 0.6) is 0 Å². The number of rotatable bonds is 3. The molecule has 4 atom stereocenters. The predicted octanol–water partition coefficient (Wildman–Crippen LogP) is 0.529. The van der Waals surface area contributed by atoms with Gasteiger partial charge < -0.3 is 19.9 Å². The number of methoxy groups -OCH3 is 1. The van der Waals surface area contributed by atoms with Gasteiger partial charge in [-0.05, 0) is 18.8 Å². The molecule has 0 aromatic rings. The van der Waals surface area contributed by atoms with Crippen molar-refractivity contribution in [2.24, 2.45) is 5.92 Å². The van der Waals surface area contributed by atoms with E-state index in [1.54, 1.807) is 0 Å². The number of fused-ring (bicyclic) bond motifs is 2. The van der Waals surface area contributed by atoms with Crippen LogP contribution >= 0.6 is 0 Å². The van der Waals surface area contributed by atoms with E-state index in [2.05, 4.69) is 10.1 Å². The van der Waals surface area contributed by atoms with Crippen molar-refractivity contribution in [3.05, 3.63) is 12.2 Å². The average Bonchev–Trinajstić information content (AvgIpc) is 2.64. The highest BCUT2D eigenvalue weighted by atomic mass is 16.5. The van der Waals surface area contributed by atoms with Crippen LogP contribution in [-0.4, -0.2) is 42.5 Å². The lowest BCUT2D eigenvalue weighted by atomic mass is 9.88. The molecule has 0 aromatic carbocycles. The maximum absolute atomic E-state index is 11.2. The molecule has 2 aliphatic heterocycles. The van der Waals surface area contributed by atoms with Gasteiger partial charge in [0.15, 0.2) is 0 Å². The van der Waals surface area contributed by atoms with Gasteiger partial charge in [0.1, 0.15) is 6.04 Å². The topological polar surface area (TPSA) is 84.9 Å². The SMILES string of the molecule is COC(=O)NC(C(=O)O)[C@@H]1C[C@H]2C=C[C@@H](C1)O2. The Balaban J connectivity index is 2.01. The monoisotopic (exact) mass is 241 g/mol. The van der Waals surface area contributed by atoms with E-state index in [1.807, 2.05) is 12.2 Å². The number of nitrogens with one attached hydrogen (secondary N) is 1.